The summed E-state index contributed by atoms with van der Waals surface area (Å²) < 4.78 is 107. The number of hydrogen-bond acceptors (Lipinski definition) is 9. The van der Waals surface area contributed by atoms with E-state index in [1.165, 1.54) is 44.6 Å². The minimum Gasteiger partial charge on any atom is -0.497 e. The minimum atomic E-state index is -5.15. The fraction of sp³-hybridized carbons (Fsp3) is 0.471. The monoisotopic (exact) mass is 774 g/mol. The molecule has 3 aromatic rings. The van der Waals surface area contributed by atoms with Crippen LogP contribution in [0.5, 0.6) is 11.5 Å². The fourth-order valence-corrected chi connectivity index (χ4v) is 8.52. The molecule has 0 spiro atoms. The molecule has 280 valence electrons. The first kappa shape index (κ1) is 40.2. The molecule has 0 radical (unpaired) electrons. The molecule has 2 heterocycles. The number of aromatic nitrogens is 1. The predicted octanol–water partition coefficient (Wildman–Crippen LogP) is 6.16. The predicted molar refractivity (Wildman–Crippen MR) is 189 cm³/mol. The molecule has 17 heteroatoms. The van der Waals surface area contributed by atoms with Crippen molar-refractivity contribution in [3.8, 4) is 11.5 Å². The third-order valence-corrected chi connectivity index (χ3v) is 12.3. The van der Waals surface area contributed by atoms with Crippen LogP contribution in [-0.4, -0.2) is 68.3 Å². The largest absolute Gasteiger partial charge is 0.497 e. The first-order valence-corrected chi connectivity index (χ1v) is 18.9. The molecule has 4 rings (SSSR count). The first-order chi connectivity index (χ1) is 23.9. The van der Waals surface area contributed by atoms with E-state index in [4.69, 9.17) is 25.8 Å². The van der Waals surface area contributed by atoms with Crippen molar-refractivity contribution in [2.45, 2.75) is 69.7 Å². The lowest BCUT2D eigenvalue weighted by molar-refractivity contribution is -0.144. The number of hydrogen-bond donors (Lipinski definition) is 1. The van der Waals surface area contributed by atoms with Crippen molar-refractivity contribution in [1.29, 1.82) is 0 Å². The third-order valence-electron chi connectivity index (χ3n) is 8.58. The van der Waals surface area contributed by atoms with Crippen LogP contribution in [0.15, 0.2) is 47.4 Å². The van der Waals surface area contributed by atoms with Crippen molar-refractivity contribution >= 4 is 50.1 Å². The van der Waals surface area contributed by atoms with Crippen LogP contribution in [0.4, 0.5) is 24.7 Å². The lowest BCUT2D eigenvalue weighted by atomic mass is 9.80. The van der Waals surface area contributed by atoms with Crippen LogP contribution in [0.2, 0.25) is 5.02 Å². The summed E-state index contributed by atoms with van der Waals surface area (Å²) in [6.45, 7) is 8.79. The summed E-state index contributed by atoms with van der Waals surface area (Å²) >= 11 is 6.50. The lowest BCUT2D eigenvalue weighted by Crippen LogP contribution is -2.50. The van der Waals surface area contributed by atoms with Crippen molar-refractivity contribution < 1.29 is 44.8 Å². The zero-order valence-corrected chi connectivity index (χ0v) is 31.8. The molecule has 0 amide bonds. The van der Waals surface area contributed by atoms with Gasteiger partial charge in [-0.3, -0.25) is 4.79 Å². The van der Waals surface area contributed by atoms with Crippen LogP contribution >= 0.6 is 11.6 Å². The van der Waals surface area contributed by atoms with E-state index in [0.717, 1.165) is 12.1 Å². The van der Waals surface area contributed by atoms with E-state index in [9.17, 15) is 21.8 Å². The topological polar surface area (TPSA) is 127 Å². The number of nitrogens with one attached hydrogen (secondary N) is 1. The smallest absolute Gasteiger partial charge is 0.307 e. The molecule has 11 nitrogen and oxygen atoms in total. The van der Waals surface area contributed by atoms with Gasteiger partial charge in [0.25, 0.3) is 10.0 Å². The second-order valence-electron chi connectivity index (χ2n) is 13.2. The van der Waals surface area contributed by atoms with E-state index in [2.05, 4.69) is 9.71 Å². The van der Waals surface area contributed by atoms with Gasteiger partial charge in [0.15, 0.2) is 10.7 Å². The highest BCUT2D eigenvalue weighted by Crippen LogP contribution is 2.43. The second-order valence-corrected chi connectivity index (χ2v) is 17.4. The molecule has 1 saturated heterocycles. The second kappa shape index (κ2) is 16.0. The van der Waals surface area contributed by atoms with E-state index in [0.29, 0.717) is 16.5 Å². The number of benzene rings is 2. The maximum atomic E-state index is 16.3. The number of halogens is 4. The van der Waals surface area contributed by atoms with Gasteiger partial charge in [-0.1, -0.05) is 24.6 Å². The summed E-state index contributed by atoms with van der Waals surface area (Å²) in [5.41, 5.74) is -0.619. The quantitative estimate of drug-likeness (QED) is 0.117. The number of pyridine rings is 1. The number of methoxy groups -OCH3 is 2. The molecular formula is C34H42ClF3N4O7S2. The Kier molecular flexibility index (Phi) is 12.6. The van der Waals surface area contributed by atoms with Crippen LogP contribution in [0.1, 0.15) is 53.0 Å². The summed E-state index contributed by atoms with van der Waals surface area (Å²) in [5.74, 6) is -4.39. The average molecular weight is 775 g/mol. The molecule has 0 bridgehead atoms. The van der Waals surface area contributed by atoms with Gasteiger partial charge in [-0.25, -0.2) is 35.4 Å². The standard InChI is InChI=1S/C34H42ClF3N4O7S2/c1-8-49-29(43)18-26(40-50(44)33(2,3)4)34(5)14-15-41(20-34)24-17-23(36)32(31(38)30(24)35)51(45,46)42(28-11-9-10-27(37)39-28)19-21-12-13-22(47-6)16-25(21)48-7/h9-13,16-17,26,40H,8,14-15,18-20H2,1-7H3/t26?,34?,50-/m0/s1. The Bertz CT molecular complexity index is 1900. The van der Waals surface area contributed by atoms with Crippen molar-refractivity contribution in [3.05, 3.63) is 70.6 Å². The Balaban J connectivity index is 1.74. The van der Waals surface area contributed by atoms with Crippen LogP contribution in [-0.2, 0) is 37.1 Å². The fourth-order valence-electron chi connectivity index (χ4n) is 5.70. The zero-order valence-electron chi connectivity index (χ0n) is 29.4. The first-order valence-electron chi connectivity index (χ1n) is 16.0. The molecule has 2 aromatic carbocycles. The molecule has 3 atom stereocenters. The summed E-state index contributed by atoms with van der Waals surface area (Å²) in [4.78, 5) is 16.5. The van der Waals surface area contributed by atoms with Gasteiger partial charge in [-0.2, -0.15) is 4.39 Å². The maximum absolute atomic E-state index is 16.3. The Morgan fingerprint density at radius 3 is 2.47 bits per heavy atom. The van der Waals surface area contributed by atoms with Gasteiger partial charge in [0, 0.05) is 42.2 Å². The minimum absolute atomic E-state index is 0.115. The number of carbonyl (C=O) groups excluding carboxylic acids is 1. The molecule has 0 aliphatic carbocycles. The highest BCUT2D eigenvalue weighted by atomic mass is 35.5. The number of esters is 1. The van der Waals surface area contributed by atoms with E-state index >= 15 is 8.78 Å². The number of nitrogens with zero attached hydrogens (tertiary/aromatic N) is 3. The zero-order chi connectivity index (χ0) is 37.9. The van der Waals surface area contributed by atoms with Crippen molar-refractivity contribution in [3.63, 3.8) is 0 Å². The van der Waals surface area contributed by atoms with E-state index in [1.54, 1.807) is 32.6 Å². The molecule has 1 aromatic heterocycles. The van der Waals surface area contributed by atoms with E-state index in [-0.39, 0.29) is 43.1 Å². The SMILES string of the molecule is CCOC(=O)CC(N[S@@](=O)C(C)(C)C)C1(C)CCN(c2cc(F)c(S(=O)(=O)N(Cc3ccc(OC)cc3OC)c3cccc(F)n3)c(F)c2Cl)C1. The van der Waals surface area contributed by atoms with E-state index < -0.39 is 83.0 Å². The van der Waals surface area contributed by atoms with Gasteiger partial charge in [0.1, 0.15) is 28.2 Å². The van der Waals surface area contributed by atoms with Crippen molar-refractivity contribution in [1.82, 2.24) is 9.71 Å². The van der Waals surface area contributed by atoms with Crippen LogP contribution in [0.25, 0.3) is 0 Å². The number of ether oxygens (including phenoxy) is 3. The average Bonchev–Trinajstić information content (AvgIpc) is 3.47. The maximum Gasteiger partial charge on any atom is 0.307 e. The Labute approximate surface area is 304 Å². The van der Waals surface area contributed by atoms with Gasteiger partial charge in [0.2, 0.25) is 5.95 Å². The number of carbonyl (C=O) groups is 1. The Morgan fingerprint density at radius 2 is 1.86 bits per heavy atom. The van der Waals surface area contributed by atoms with Crippen LogP contribution in [0.3, 0.4) is 0 Å². The Morgan fingerprint density at radius 1 is 1.16 bits per heavy atom. The molecule has 1 aliphatic rings. The molecule has 0 saturated carbocycles. The molecule has 1 aliphatic heterocycles. The van der Waals surface area contributed by atoms with Crippen LogP contribution < -0.4 is 23.4 Å². The molecule has 1 N–H and O–H groups in total. The van der Waals surface area contributed by atoms with Gasteiger partial charge >= 0.3 is 5.97 Å². The molecule has 1 fully saturated rings. The molecular weight excluding hydrogens is 733 g/mol. The van der Waals surface area contributed by atoms with Gasteiger partial charge < -0.3 is 19.1 Å². The van der Waals surface area contributed by atoms with Gasteiger partial charge in [0.05, 0.1) is 55.2 Å². The van der Waals surface area contributed by atoms with Crippen molar-refractivity contribution in [2.24, 2.45) is 5.41 Å². The van der Waals surface area contributed by atoms with Gasteiger partial charge in [-0.15, -0.1) is 0 Å². The highest BCUT2D eigenvalue weighted by molar-refractivity contribution is 7.92. The normalized spacial score (nSPS) is 17.6. The number of rotatable bonds is 14. The molecule has 2 unspecified atom stereocenters. The highest BCUT2D eigenvalue weighted by Gasteiger charge is 2.45. The third kappa shape index (κ3) is 8.90. The van der Waals surface area contributed by atoms with E-state index in [1.807, 2.05) is 6.92 Å². The molecule has 51 heavy (non-hydrogen) atoms. The number of sulfonamides is 1. The summed E-state index contributed by atoms with van der Waals surface area (Å²) in [6.07, 6.45) is 0.282. The lowest BCUT2D eigenvalue weighted by Gasteiger charge is -2.36. The Hall–Kier alpha value is -3.60. The van der Waals surface area contributed by atoms with Crippen molar-refractivity contribution in [2.75, 3.05) is 43.1 Å². The van der Waals surface area contributed by atoms with Crippen LogP contribution in [0, 0.1) is 23.0 Å². The summed E-state index contributed by atoms with van der Waals surface area (Å²) in [5, 5.41) is -0.665. The summed E-state index contributed by atoms with van der Waals surface area (Å²) in [7, 11) is -3.94. The van der Waals surface area contributed by atoms with Gasteiger partial charge in [-0.05, 0) is 58.4 Å². The summed E-state index contributed by atoms with van der Waals surface area (Å²) in [6, 6.07) is 8.07. The number of anilines is 2.